The van der Waals surface area contributed by atoms with E-state index in [4.69, 9.17) is 28.3 Å². The monoisotopic (exact) mass is 309 g/mol. The van der Waals surface area contributed by atoms with Gasteiger partial charge in [0.2, 0.25) is 0 Å². The Morgan fingerprint density at radius 1 is 1.20 bits per heavy atom. The molecule has 3 nitrogen and oxygen atoms in total. The molecular weight excluding hydrogens is 297 g/mol. The van der Waals surface area contributed by atoms with Gasteiger partial charge >= 0.3 is 5.97 Å². The maximum Gasteiger partial charge on any atom is 0.335 e. The van der Waals surface area contributed by atoms with Crippen molar-refractivity contribution in [2.24, 2.45) is 0 Å². The molecule has 0 amide bonds. The lowest BCUT2D eigenvalue weighted by Crippen LogP contribution is -2.04. The number of carboxylic acid groups (broad SMARTS) is 1. The van der Waals surface area contributed by atoms with E-state index in [1.807, 2.05) is 6.92 Å². The molecule has 0 heterocycles. The molecule has 2 aromatic carbocycles. The fraction of sp³-hybridized carbons (Fsp3) is 0.133. The second kappa shape index (κ2) is 6.16. The van der Waals surface area contributed by atoms with Crippen LogP contribution in [-0.2, 0) is 6.54 Å². The van der Waals surface area contributed by atoms with E-state index in [2.05, 4.69) is 5.32 Å². The lowest BCUT2D eigenvalue weighted by atomic mass is 10.1. The van der Waals surface area contributed by atoms with E-state index >= 15 is 0 Å². The summed E-state index contributed by atoms with van der Waals surface area (Å²) >= 11 is 12.2. The molecule has 0 atom stereocenters. The summed E-state index contributed by atoms with van der Waals surface area (Å²) in [4.78, 5) is 11.0. The zero-order valence-electron chi connectivity index (χ0n) is 10.8. The van der Waals surface area contributed by atoms with Crippen LogP contribution in [0.5, 0.6) is 0 Å². The van der Waals surface area contributed by atoms with Crippen molar-refractivity contribution >= 4 is 34.9 Å². The van der Waals surface area contributed by atoms with Gasteiger partial charge in [-0.25, -0.2) is 4.79 Å². The van der Waals surface area contributed by atoms with Crippen LogP contribution in [0.15, 0.2) is 36.4 Å². The first kappa shape index (κ1) is 14.7. The van der Waals surface area contributed by atoms with Crippen molar-refractivity contribution in [2.75, 3.05) is 5.32 Å². The van der Waals surface area contributed by atoms with Crippen molar-refractivity contribution in [3.05, 3.63) is 63.1 Å². The zero-order valence-corrected chi connectivity index (χ0v) is 12.3. The average molecular weight is 310 g/mol. The van der Waals surface area contributed by atoms with Crippen LogP contribution in [0, 0.1) is 6.92 Å². The number of hydrogen-bond donors (Lipinski definition) is 2. The summed E-state index contributed by atoms with van der Waals surface area (Å²) in [5.74, 6) is -0.955. The quantitative estimate of drug-likeness (QED) is 0.867. The fourth-order valence-corrected chi connectivity index (χ4v) is 2.36. The highest BCUT2D eigenvalue weighted by molar-refractivity contribution is 6.36. The number of aryl methyl sites for hydroxylation is 1. The number of benzene rings is 2. The fourth-order valence-electron chi connectivity index (χ4n) is 1.83. The molecule has 0 aliphatic carbocycles. The number of carbonyl (C=O) groups is 1. The molecule has 2 N–H and O–H groups in total. The van der Waals surface area contributed by atoms with Crippen LogP contribution >= 0.6 is 23.2 Å². The lowest BCUT2D eigenvalue weighted by molar-refractivity contribution is 0.0697. The van der Waals surface area contributed by atoms with Gasteiger partial charge in [0.15, 0.2) is 0 Å². The molecule has 104 valence electrons. The van der Waals surface area contributed by atoms with Gasteiger partial charge in [-0.2, -0.15) is 0 Å². The molecule has 0 aliphatic heterocycles. The molecule has 0 fully saturated rings. The van der Waals surface area contributed by atoms with E-state index in [0.29, 0.717) is 16.6 Å². The van der Waals surface area contributed by atoms with Crippen LogP contribution in [-0.4, -0.2) is 11.1 Å². The standard InChI is InChI=1S/C15H13Cl2NO2/c1-9-5-6-10(15(19)20)7-14(9)18-8-11-12(16)3-2-4-13(11)17/h2-7,18H,8H2,1H3,(H,19,20). The molecule has 0 radical (unpaired) electrons. The topological polar surface area (TPSA) is 49.3 Å². The molecule has 0 saturated carbocycles. The summed E-state index contributed by atoms with van der Waals surface area (Å²) < 4.78 is 0. The number of nitrogens with one attached hydrogen (secondary N) is 1. The van der Waals surface area contributed by atoms with Crippen molar-refractivity contribution in [1.82, 2.24) is 0 Å². The third-order valence-electron chi connectivity index (χ3n) is 3.00. The predicted molar refractivity (Wildman–Crippen MR) is 81.9 cm³/mol. The lowest BCUT2D eigenvalue weighted by Gasteiger charge is -2.12. The maximum atomic E-state index is 11.0. The van der Waals surface area contributed by atoms with Gasteiger partial charge < -0.3 is 10.4 Å². The highest BCUT2D eigenvalue weighted by atomic mass is 35.5. The molecule has 2 aromatic rings. The van der Waals surface area contributed by atoms with Crippen molar-refractivity contribution in [3.8, 4) is 0 Å². The number of hydrogen-bond acceptors (Lipinski definition) is 2. The summed E-state index contributed by atoms with van der Waals surface area (Å²) in [6, 6.07) is 10.3. The second-order valence-corrected chi connectivity index (χ2v) is 5.20. The third-order valence-corrected chi connectivity index (χ3v) is 3.71. The van der Waals surface area contributed by atoms with Gasteiger partial charge in [-0.05, 0) is 36.8 Å². The Bertz CT molecular complexity index is 636. The van der Waals surface area contributed by atoms with Crippen LogP contribution in [0.4, 0.5) is 5.69 Å². The molecule has 2 rings (SSSR count). The molecule has 5 heteroatoms. The van der Waals surface area contributed by atoms with Gasteiger partial charge in [0.05, 0.1) is 5.56 Å². The maximum absolute atomic E-state index is 11.0. The first-order valence-electron chi connectivity index (χ1n) is 5.99. The van der Waals surface area contributed by atoms with Crippen molar-refractivity contribution < 1.29 is 9.90 Å². The minimum absolute atomic E-state index is 0.239. The minimum atomic E-state index is -0.955. The number of anilines is 1. The Hall–Kier alpha value is -1.71. The number of halogens is 2. The molecular formula is C15H13Cl2NO2. The minimum Gasteiger partial charge on any atom is -0.478 e. The van der Waals surface area contributed by atoms with Gasteiger partial charge in [-0.3, -0.25) is 0 Å². The van der Waals surface area contributed by atoms with Crippen LogP contribution < -0.4 is 5.32 Å². The molecule has 0 bridgehead atoms. The van der Waals surface area contributed by atoms with Gasteiger partial charge in [0, 0.05) is 27.8 Å². The highest BCUT2D eigenvalue weighted by Gasteiger charge is 2.08. The molecule has 0 aromatic heterocycles. The van der Waals surface area contributed by atoms with E-state index in [1.54, 1.807) is 36.4 Å². The third kappa shape index (κ3) is 3.24. The molecule has 20 heavy (non-hydrogen) atoms. The predicted octanol–water partition coefficient (Wildman–Crippen LogP) is 4.61. The molecule has 0 saturated heterocycles. The Morgan fingerprint density at radius 3 is 2.45 bits per heavy atom. The van der Waals surface area contributed by atoms with Crippen molar-refractivity contribution in [1.29, 1.82) is 0 Å². The Balaban J connectivity index is 2.23. The molecule has 0 aliphatic rings. The van der Waals surface area contributed by atoms with Crippen molar-refractivity contribution in [2.45, 2.75) is 13.5 Å². The van der Waals surface area contributed by atoms with Gasteiger partial charge in [-0.1, -0.05) is 35.3 Å². The second-order valence-electron chi connectivity index (χ2n) is 4.39. The van der Waals surface area contributed by atoms with Crippen LogP contribution in [0.25, 0.3) is 0 Å². The first-order valence-corrected chi connectivity index (χ1v) is 6.75. The summed E-state index contributed by atoms with van der Waals surface area (Å²) in [5, 5.41) is 13.3. The number of aromatic carboxylic acids is 1. The Kier molecular flexibility index (Phi) is 4.53. The van der Waals surface area contributed by atoms with E-state index in [9.17, 15) is 4.79 Å². The van der Waals surface area contributed by atoms with Crippen molar-refractivity contribution in [3.63, 3.8) is 0 Å². The normalized spacial score (nSPS) is 10.3. The van der Waals surface area contributed by atoms with Crippen LogP contribution in [0.2, 0.25) is 10.0 Å². The molecule has 0 unspecified atom stereocenters. The largest absolute Gasteiger partial charge is 0.478 e. The zero-order chi connectivity index (χ0) is 14.7. The molecule has 0 spiro atoms. The van der Waals surface area contributed by atoms with E-state index in [0.717, 1.165) is 16.8 Å². The van der Waals surface area contributed by atoms with Gasteiger partial charge in [0.25, 0.3) is 0 Å². The Morgan fingerprint density at radius 2 is 1.85 bits per heavy atom. The highest BCUT2D eigenvalue weighted by Crippen LogP contribution is 2.26. The summed E-state index contributed by atoms with van der Waals surface area (Å²) in [6.07, 6.45) is 0. The average Bonchev–Trinajstić information content (AvgIpc) is 2.39. The SMILES string of the molecule is Cc1ccc(C(=O)O)cc1NCc1c(Cl)cccc1Cl. The smallest absolute Gasteiger partial charge is 0.335 e. The van der Waals surface area contributed by atoms with Crippen LogP contribution in [0.3, 0.4) is 0 Å². The van der Waals surface area contributed by atoms with Crippen LogP contribution in [0.1, 0.15) is 21.5 Å². The summed E-state index contributed by atoms with van der Waals surface area (Å²) in [7, 11) is 0. The van der Waals surface area contributed by atoms with E-state index in [-0.39, 0.29) is 5.56 Å². The Labute approximate surface area is 127 Å². The van der Waals surface area contributed by atoms with E-state index < -0.39 is 5.97 Å². The summed E-state index contributed by atoms with van der Waals surface area (Å²) in [6.45, 7) is 2.34. The van der Waals surface area contributed by atoms with Gasteiger partial charge in [-0.15, -0.1) is 0 Å². The number of rotatable bonds is 4. The summed E-state index contributed by atoms with van der Waals surface area (Å²) in [5.41, 5.74) is 2.73. The number of carboxylic acids is 1. The van der Waals surface area contributed by atoms with E-state index in [1.165, 1.54) is 0 Å². The first-order chi connectivity index (χ1) is 9.49. The van der Waals surface area contributed by atoms with Gasteiger partial charge in [0.1, 0.15) is 0 Å².